The minimum Gasteiger partial charge on any atom is -0.481 e. The molecule has 4 rings (SSSR count). The largest absolute Gasteiger partial charge is 0.481 e. The van der Waals surface area contributed by atoms with Gasteiger partial charge in [-0.1, -0.05) is 13.8 Å². The summed E-state index contributed by atoms with van der Waals surface area (Å²) in [7, 11) is 0. The van der Waals surface area contributed by atoms with Crippen LogP contribution in [0.15, 0.2) is 30.0 Å². The van der Waals surface area contributed by atoms with Crippen LogP contribution in [-0.2, 0) is 56.0 Å². The highest BCUT2D eigenvalue weighted by Gasteiger charge is 2.42. The summed E-state index contributed by atoms with van der Waals surface area (Å²) in [6.45, 7) is 4.38. The third-order valence-corrected chi connectivity index (χ3v) is 12.1. The molecule has 2 aromatic heterocycles. The molecule has 17 N–H and O–H groups in total. The molecule has 2 aliphatic heterocycles. The van der Waals surface area contributed by atoms with Crippen molar-refractivity contribution in [1.82, 2.24) is 56.3 Å². The molecule has 392 valence electrons. The van der Waals surface area contributed by atoms with E-state index >= 15 is 0 Å². The molecular formula is C44H70N16O11. The fourth-order valence-corrected chi connectivity index (χ4v) is 8.50. The second kappa shape index (κ2) is 27.9. The van der Waals surface area contributed by atoms with Crippen LogP contribution in [0.1, 0.15) is 95.9 Å². The van der Waals surface area contributed by atoms with Gasteiger partial charge in [-0.2, -0.15) is 0 Å². The number of carbonyl (C=O) groups excluding carboxylic acids is 7. The molecule has 2 aromatic rings. The fourth-order valence-electron chi connectivity index (χ4n) is 8.50. The smallest absolute Gasteiger partial charge is 0.326 e. The molecule has 4 heterocycles. The standard InChI is InChI=1S/C44H70N16O11/c1-24(2)16-31(41(68)59-14-6-10-33(59)39(66)54-28(9-5-13-51-44(47)48)37(64)55-29(43(70)71)8-3-4-12-45)58-38(65)30(17-25-20-49-22-52-25)56-40(67)34-11-7-15-60(34)42(69)32(18-26-21-50-23-53-26)57-36(63)27(46)19-35(61)62/h20-24,27-34H,3-19,45-46H2,1-2H3,(H,49,52)(H,50,53)(H,54,66)(H,55,64)(H,56,67)(H,57,63)(H,58,65)(H,61,62)(H,70,71)(H4,47,48,51)/t27-,28-,29-,30-,31-,32-,33-,34-/m0/s1. The van der Waals surface area contributed by atoms with Crippen LogP contribution in [-0.4, -0.2) is 174 Å². The van der Waals surface area contributed by atoms with Gasteiger partial charge in [-0.05, 0) is 76.7 Å². The van der Waals surface area contributed by atoms with Gasteiger partial charge in [-0.25, -0.2) is 14.8 Å². The molecule has 7 amide bonds. The van der Waals surface area contributed by atoms with Crippen molar-refractivity contribution in [3.63, 3.8) is 0 Å². The van der Waals surface area contributed by atoms with Gasteiger partial charge in [0.15, 0.2) is 5.96 Å². The highest BCUT2D eigenvalue weighted by Crippen LogP contribution is 2.23. The van der Waals surface area contributed by atoms with Crippen LogP contribution in [0.5, 0.6) is 0 Å². The number of carboxylic acid groups (broad SMARTS) is 2. The summed E-state index contributed by atoms with van der Waals surface area (Å²) < 4.78 is 0. The van der Waals surface area contributed by atoms with Crippen molar-refractivity contribution in [2.75, 3.05) is 26.2 Å². The third-order valence-electron chi connectivity index (χ3n) is 12.1. The van der Waals surface area contributed by atoms with Gasteiger partial charge >= 0.3 is 11.9 Å². The van der Waals surface area contributed by atoms with E-state index in [0.29, 0.717) is 43.6 Å². The zero-order valence-corrected chi connectivity index (χ0v) is 40.1. The molecule has 27 nitrogen and oxygen atoms in total. The van der Waals surface area contributed by atoms with Gasteiger partial charge < -0.3 is 79.5 Å². The van der Waals surface area contributed by atoms with Gasteiger partial charge in [-0.3, -0.25) is 43.3 Å². The Labute approximate surface area is 410 Å². The van der Waals surface area contributed by atoms with Crippen molar-refractivity contribution < 1.29 is 53.4 Å². The predicted molar refractivity (Wildman–Crippen MR) is 254 cm³/mol. The Bertz CT molecular complexity index is 2150. The van der Waals surface area contributed by atoms with E-state index in [1.165, 1.54) is 34.8 Å². The van der Waals surface area contributed by atoms with Crippen LogP contribution in [0, 0.1) is 5.92 Å². The summed E-state index contributed by atoms with van der Waals surface area (Å²) in [6, 6.07) is -9.90. The number of aliphatic imine (C=N–C) groups is 1. The van der Waals surface area contributed by atoms with E-state index in [-0.39, 0.29) is 82.9 Å². The summed E-state index contributed by atoms with van der Waals surface area (Å²) in [5, 5.41) is 32.3. The number of nitrogens with two attached hydrogens (primary N) is 4. The van der Waals surface area contributed by atoms with E-state index < -0.39 is 108 Å². The lowest BCUT2D eigenvalue weighted by atomic mass is 10.0. The average Bonchev–Trinajstić information content (AvgIpc) is 4.17. The maximum atomic E-state index is 14.5. The van der Waals surface area contributed by atoms with Gasteiger partial charge in [0.05, 0.1) is 25.1 Å². The second-order valence-corrected chi connectivity index (χ2v) is 18.2. The summed E-state index contributed by atoms with van der Waals surface area (Å²) in [5.74, 6) is -7.92. The van der Waals surface area contributed by atoms with Crippen LogP contribution in [0.4, 0.5) is 0 Å². The number of H-pyrrole nitrogens is 2. The van der Waals surface area contributed by atoms with E-state index in [4.69, 9.17) is 22.9 Å². The van der Waals surface area contributed by atoms with E-state index in [1.807, 2.05) is 13.8 Å². The van der Waals surface area contributed by atoms with Crippen molar-refractivity contribution in [2.24, 2.45) is 33.8 Å². The zero-order valence-electron chi connectivity index (χ0n) is 40.1. The molecule has 2 aliphatic rings. The Morgan fingerprint density at radius 1 is 0.704 bits per heavy atom. The lowest BCUT2D eigenvalue weighted by Gasteiger charge is -2.32. The average molecular weight is 999 g/mol. The number of hydrogen-bond donors (Lipinski definition) is 13. The first-order chi connectivity index (χ1) is 33.8. The summed E-state index contributed by atoms with van der Waals surface area (Å²) in [6.07, 6.45) is 7.44. The Morgan fingerprint density at radius 2 is 1.21 bits per heavy atom. The van der Waals surface area contributed by atoms with Gasteiger partial charge in [0, 0.05) is 56.3 Å². The maximum absolute atomic E-state index is 14.5. The van der Waals surface area contributed by atoms with Crippen LogP contribution in [0.3, 0.4) is 0 Å². The first-order valence-corrected chi connectivity index (χ1v) is 23.8. The van der Waals surface area contributed by atoms with Gasteiger partial charge in [0.25, 0.3) is 0 Å². The number of aromatic nitrogens is 4. The molecular weight excluding hydrogens is 929 g/mol. The highest BCUT2D eigenvalue weighted by atomic mass is 16.4. The quantitative estimate of drug-likeness (QED) is 0.0213. The van der Waals surface area contributed by atoms with Gasteiger partial charge in [-0.15, -0.1) is 0 Å². The second-order valence-electron chi connectivity index (χ2n) is 18.2. The number of guanidine groups is 1. The minimum absolute atomic E-state index is 0.0258. The number of aromatic amines is 2. The molecule has 27 heteroatoms. The van der Waals surface area contributed by atoms with Crippen LogP contribution in [0.2, 0.25) is 0 Å². The van der Waals surface area contributed by atoms with Crippen molar-refractivity contribution >= 4 is 59.2 Å². The maximum Gasteiger partial charge on any atom is 0.326 e. The molecule has 0 saturated carbocycles. The van der Waals surface area contributed by atoms with Crippen molar-refractivity contribution in [1.29, 1.82) is 0 Å². The normalized spacial score (nSPS) is 18.0. The highest BCUT2D eigenvalue weighted by molar-refractivity contribution is 5.98. The van der Waals surface area contributed by atoms with Crippen LogP contribution >= 0.6 is 0 Å². The predicted octanol–water partition coefficient (Wildman–Crippen LogP) is -3.56. The fraction of sp³-hybridized carbons (Fsp3) is 0.636. The molecule has 8 atom stereocenters. The Balaban J connectivity index is 1.53. The first kappa shape index (κ1) is 56.4. The van der Waals surface area contributed by atoms with Crippen molar-refractivity contribution in [3.05, 3.63) is 36.4 Å². The Morgan fingerprint density at radius 3 is 1.72 bits per heavy atom. The van der Waals surface area contributed by atoms with E-state index in [2.05, 4.69) is 51.5 Å². The number of rotatable bonds is 29. The van der Waals surface area contributed by atoms with Crippen molar-refractivity contribution in [2.45, 2.75) is 146 Å². The molecule has 2 saturated heterocycles. The van der Waals surface area contributed by atoms with Gasteiger partial charge in [0.1, 0.15) is 42.3 Å². The summed E-state index contributed by atoms with van der Waals surface area (Å²) >= 11 is 0. The topological polar surface area (TPSA) is 435 Å². The number of carboxylic acids is 2. The lowest BCUT2D eigenvalue weighted by molar-refractivity contribution is -0.144. The SMILES string of the molecule is CC(C)C[C@H](NC(=O)[C@H](Cc1cnc[nH]1)NC(=O)[C@@H]1CCCN1C(=O)[C@H](Cc1cnc[nH]1)NC(=O)[C@@H](N)CC(=O)O)C(=O)N1CCC[C@H]1C(=O)N[C@@H](CCCN=C(N)N)C(=O)N[C@@H](CCCCN)C(=O)O. The molecule has 0 aromatic carbocycles. The van der Waals surface area contributed by atoms with Gasteiger partial charge in [0.2, 0.25) is 41.4 Å². The third kappa shape index (κ3) is 17.6. The number of aliphatic carboxylic acids is 2. The number of unbranched alkanes of at least 4 members (excludes halogenated alkanes) is 1. The molecule has 0 bridgehead atoms. The number of imidazole rings is 2. The van der Waals surface area contributed by atoms with Crippen LogP contribution in [0.25, 0.3) is 0 Å². The monoisotopic (exact) mass is 999 g/mol. The molecule has 0 radical (unpaired) electrons. The number of hydrogen-bond acceptors (Lipinski definition) is 14. The summed E-state index contributed by atoms with van der Waals surface area (Å²) in [5.41, 5.74) is 23.2. The molecule has 71 heavy (non-hydrogen) atoms. The minimum atomic E-state index is -1.47. The van der Waals surface area contributed by atoms with Crippen LogP contribution < -0.4 is 49.5 Å². The Hall–Kier alpha value is -7.16. The van der Waals surface area contributed by atoms with E-state index in [9.17, 15) is 53.4 Å². The number of amides is 7. The van der Waals surface area contributed by atoms with E-state index in [1.54, 1.807) is 0 Å². The zero-order chi connectivity index (χ0) is 52.2. The molecule has 0 aliphatic carbocycles. The number of nitrogens with zero attached hydrogens (tertiary/aromatic N) is 5. The molecule has 0 unspecified atom stereocenters. The number of likely N-dealkylation sites (tertiary alicyclic amines) is 2. The lowest BCUT2D eigenvalue weighted by Crippen LogP contribution is -2.60. The first-order valence-electron chi connectivity index (χ1n) is 23.8. The summed E-state index contributed by atoms with van der Waals surface area (Å²) in [4.78, 5) is 141. The molecule has 0 spiro atoms. The number of nitrogens with one attached hydrogen (secondary N) is 7. The Kier molecular flexibility index (Phi) is 22.2. The number of carbonyl (C=O) groups is 9. The molecule has 2 fully saturated rings. The van der Waals surface area contributed by atoms with E-state index in [0.717, 1.165) is 0 Å². The van der Waals surface area contributed by atoms with Crippen molar-refractivity contribution in [3.8, 4) is 0 Å².